The molecular weight excluding hydrogens is 727 g/mol. The van der Waals surface area contributed by atoms with Crippen LogP contribution >= 0.6 is 0 Å². The van der Waals surface area contributed by atoms with Gasteiger partial charge in [-0.2, -0.15) is 0 Å². The molecule has 0 saturated carbocycles. The zero-order valence-corrected chi connectivity index (χ0v) is 37.7. The van der Waals surface area contributed by atoms with Crippen molar-refractivity contribution < 1.29 is 38.2 Å². The average molecular weight is 812 g/mol. The molecule has 0 bridgehead atoms. The Kier molecular flexibility index (Phi) is 38.3. The van der Waals surface area contributed by atoms with E-state index in [1.807, 2.05) is 0 Å². The number of aliphatic carboxylic acids is 1. The van der Waals surface area contributed by atoms with Gasteiger partial charge in [-0.25, -0.2) is 0 Å². The van der Waals surface area contributed by atoms with Crippen LogP contribution in [0, 0.1) is 0 Å². The monoisotopic (exact) mass is 812 g/mol. The number of carbonyl (C=O) groups is 3. The van der Waals surface area contributed by atoms with Crippen molar-refractivity contribution in [1.82, 2.24) is 0 Å². The van der Waals surface area contributed by atoms with Crippen molar-refractivity contribution in [3.8, 4) is 0 Å². The Balaban J connectivity index is 4.44. The molecule has 0 aromatic rings. The number of hydrogen-bond donors (Lipinski definition) is 0. The Morgan fingerprint density at radius 2 is 0.931 bits per heavy atom. The molecule has 0 radical (unpaired) electrons. The molecule has 2 unspecified atom stereocenters. The van der Waals surface area contributed by atoms with Crippen LogP contribution in [0.3, 0.4) is 0 Å². The first kappa shape index (κ1) is 54.8. The van der Waals surface area contributed by atoms with Crippen molar-refractivity contribution in [2.24, 2.45) is 0 Å². The Bertz CT molecular complexity index is 1180. The molecule has 0 aliphatic heterocycles. The topological polar surface area (TPSA) is 102 Å². The van der Waals surface area contributed by atoms with Crippen molar-refractivity contribution in [1.29, 1.82) is 0 Å². The molecule has 2 atom stereocenters. The molecule has 0 spiro atoms. The lowest BCUT2D eigenvalue weighted by Gasteiger charge is -2.34. The minimum absolute atomic E-state index is 0.0170. The second kappa shape index (κ2) is 40.5. The molecule has 58 heavy (non-hydrogen) atoms. The standard InChI is InChI=1S/C50H85NO7/c1-6-8-10-12-14-16-18-20-22-24-26-28-30-32-34-36-38-40-48(52)57-45-46(44-56-43-42-47(50(54)55)51(3,4)5)58-49(53)41-39-37-35-33-31-29-27-25-23-21-19-17-15-13-11-9-7-2/h14-17,20-23,26,28,32,34,46-47H,6-13,18-19,24-25,27,29-31,33,35-45H2,1-5H3/b16-14+,17-15+,22-20+,23-21+,28-26+,34-32+. The van der Waals surface area contributed by atoms with Gasteiger partial charge in [0.1, 0.15) is 12.6 Å². The number of rotatable bonds is 40. The minimum atomic E-state index is -1.14. The molecule has 332 valence electrons. The molecule has 0 aromatic carbocycles. The van der Waals surface area contributed by atoms with Gasteiger partial charge in [0.2, 0.25) is 0 Å². The van der Waals surface area contributed by atoms with Gasteiger partial charge < -0.3 is 28.6 Å². The molecule has 8 heteroatoms. The van der Waals surface area contributed by atoms with Gasteiger partial charge in [0.05, 0.1) is 40.3 Å². The number of unbranched alkanes of at least 4 members (excludes halogenated alkanes) is 14. The summed E-state index contributed by atoms with van der Waals surface area (Å²) in [7, 11) is 5.38. The van der Waals surface area contributed by atoms with Gasteiger partial charge in [-0.3, -0.25) is 9.59 Å². The zero-order valence-electron chi connectivity index (χ0n) is 37.7. The maximum Gasteiger partial charge on any atom is 0.306 e. The predicted octanol–water partition coefficient (Wildman–Crippen LogP) is 11.4. The SMILES string of the molecule is CCCCC/C=C/C/C=C/C/C=C/C/C=C/CCCC(=O)OCC(COCCC(C(=O)[O-])[N+](C)(C)C)OC(=O)CCCCCCCCC/C=C/C/C=C/CCCCC. The number of carboxylic acids is 1. The molecule has 0 aliphatic rings. The first-order valence-corrected chi connectivity index (χ1v) is 23.0. The summed E-state index contributed by atoms with van der Waals surface area (Å²) in [5, 5.41) is 11.6. The number of carboxylic acid groups (broad SMARTS) is 1. The first-order chi connectivity index (χ1) is 28.1. The number of quaternary nitrogens is 1. The second-order valence-corrected chi connectivity index (χ2v) is 16.3. The van der Waals surface area contributed by atoms with Gasteiger partial charge in [-0.05, 0) is 83.5 Å². The highest BCUT2D eigenvalue weighted by atomic mass is 16.6. The number of hydrogen-bond acceptors (Lipinski definition) is 7. The highest BCUT2D eigenvalue weighted by Crippen LogP contribution is 2.13. The van der Waals surface area contributed by atoms with E-state index in [2.05, 4.69) is 86.8 Å². The largest absolute Gasteiger partial charge is 0.544 e. The van der Waals surface area contributed by atoms with Crippen molar-refractivity contribution >= 4 is 17.9 Å². The van der Waals surface area contributed by atoms with Crippen LogP contribution in [0.15, 0.2) is 72.9 Å². The van der Waals surface area contributed by atoms with E-state index in [1.165, 1.54) is 70.6 Å². The van der Waals surface area contributed by atoms with Gasteiger partial charge in [0, 0.05) is 19.3 Å². The number of ether oxygens (including phenoxy) is 3. The van der Waals surface area contributed by atoms with Crippen LogP contribution in [0.5, 0.6) is 0 Å². The van der Waals surface area contributed by atoms with Gasteiger partial charge in [-0.1, -0.05) is 145 Å². The molecule has 0 aliphatic carbocycles. The van der Waals surface area contributed by atoms with E-state index in [0.717, 1.165) is 64.2 Å². The summed E-state index contributed by atoms with van der Waals surface area (Å²) in [5.41, 5.74) is 0. The third-order valence-electron chi connectivity index (χ3n) is 9.82. The van der Waals surface area contributed by atoms with E-state index in [0.29, 0.717) is 12.8 Å². The summed E-state index contributed by atoms with van der Waals surface area (Å²) in [5.74, 6) is -1.82. The second-order valence-electron chi connectivity index (χ2n) is 16.3. The van der Waals surface area contributed by atoms with Gasteiger partial charge in [0.15, 0.2) is 6.10 Å². The van der Waals surface area contributed by atoms with Crippen LogP contribution < -0.4 is 5.11 Å². The van der Waals surface area contributed by atoms with E-state index in [-0.39, 0.29) is 49.1 Å². The molecule has 8 nitrogen and oxygen atoms in total. The van der Waals surface area contributed by atoms with Crippen LogP contribution in [0.2, 0.25) is 0 Å². The molecular formula is C50H85NO7. The first-order valence-electron chi connectivity index (χ1n) is 23.0. The fraction of sp³-hybridized carbons (Fsp3) is 0.700. The Hall–Kier alpha value is -3.23. The Morgan fingerprint density at radius 1 is 0.517 bits per heavy atom. The maximum atomic E-state index is 12.7. The van der Waals surface area contributed by atoms with Crippen LogP contribution in [0.25, 0.3) is 0 Å². The lowest BCUT2D eigenvalue weighted by molar-refractivity contribution is -0.889. The summed E-state index contributed by atoms with van der Waals surface area (Å²) in [4.78, 5) is 36.9. The number of nitrogens with zero attached hydrogens (tertiary/aromatic N) is 1. The maximum absolute atomic E-state index is 12.7. The summed E-state index contributed by atoms with van der Waals surface area (Å²) in [6, 6.07) is -0.738. The molecule has 0 aromatic heterocycles. The van der Waals surface area contributed by atoms with Gasteiger partial charge in [0.25, 0.3) is 0 Å². The average Bonchev–Trinajstić information content (AvgIpc) is 3.18. The summed E-state index contributed by atoms with van der Waals surface area (Å²) in [6.45, 7) is 4.53. The predicted molar refractivity (Wildman–Crippen MR) is 240 cm³/mol. The van der Waals surface area contributed by atoms with E-state index in [9.17, 15) is 19.5 Å². The normalized spacial score (nSPS) is 13.6. The molecule has 0 amide bonds. The number of carbonyl (C=O) groups excluding carboxylic acids is 3. The lowest BCUT2D eigenvalue weighted by atomic mass is 10.1. The molecule has 0 rings (SSSR count). The van der Waals surface area contributed by atoms with E-state index in [1.54, 1.807) is 21.1 Å². The third kappa shape index (κ3) is 38.3. The highest BCUT2D eigenvalue weighted by Gasteiger charge is 2.25. The quantitative estimate of drug-likeness (QED) is 0.0263. The molecule has 0 fully saturated rings. The fourth-order valence-corrected chi connectivity index (χ4v) is 6.21. The minimum Gasteiger partial charge on any atom is -0.544 e. The van der Waals surface area contributed by atoms with Crippen LogP contribution in [0.4, 0.5) is 0 Å². The summed E-state index contributed by atoms with van der Waals surface area (Å²) >= 11 is 0. The van der Waals surface area contributed by atoms with E-state index in [4.69, 9.17) is 14.2 Å². The zero-order chi connectivity index (χ0) is 42.8. The van der Waals surface area contributed by atoms with E-state index >= 15 is 0 Å². The van der Waals surface area contributed by atoms with Crippen LogP contribution in [-0.4, -0.2) is 75.5 Å². The van der Waals surface area contributed by atoms with Gasteiger partial charge >= 0.3 is 11.9 Å². The fourth-order valence-electron chi connectivity index (χ4n) is 6.21. The van der Waals surface area contributed by atoms with E-state index < -0.39 is 18.1 Å². The lowest BCUT2D eigenvalue weighted by Crippen LogP contribution is -2.55. The summed E-state index contributed by atoms with van der Waals surface area (Å²) < 4.78 is 17.1. The number of esters is 2. The molecule has 0 heterocycles. The highest BCUT2D eigenvalue weighted by molar-refractivity contribution is 5.70. The van der Waals surface area contributed by atoms with Crippen LogP contribution in [-0.2, 0) is 28.6 Å². The Labute approximate surface area is 355 Å². The van der Waals surface area contributed by atoms with Crippen LogP contribution in [0.1, 0.15) is 174 Å². The van der Waals surface area contributed by atoms with Crippen molar-refractivity contribution in [3.05, 3.63) is 72.9 Å². The van der Waals surface area contributed by atoms with Crippen molar-refractivity contribution in [2.45, 2.75) is 187 Å². The summed E-state index contributed by atoms with van der Waals surface area (Å²) in [6.07, 6.45) is 50.7. The van der Waals surface area contributed by atoms with Crippen molar-refractivity contribution in [3.63, 3.8) is 0 Å². The Morgan fingerprint density at radius 3 is 1.40 bits per heavy atom. The molecule has 0 N–H and O–H groups in total. The third-order valence-corrected chi connectivity index (χ3v) is 9.82. The number of likely N-dealkylation sites (N-methyl/N-ethyl adjacent to an activating group) is 1. The number of allylic oxidation sites excluding steroid dienone is 12. The smallest absolute Gasteiger partial charge is 0.306 e. The molecule has 0 saturated heterocycles. The van der Waals surface area contributed by atoms with Gasteiger partial charge in [-0.15, -0.1) is 0 Å². The van der Waals surface area contributed by atoms with Crippen molar-refractivity contribution in [2.75, 3.05) is 41.0 Å².